The van der Waals surface area contributed by atoms with Crippen LogP contribution in [-0.4, -0.2) is 25.5 Å². The Bertz CT molecular complexity index is 203. The Labute approximate surface area is 105 Å². The fraction of sp³-hybridized carbons (Fsp3) is 0.917. The van der Waals surface area contributed by atoms with Crippen LogP contribution in [0.5, 0.6) is 0 Å². The van der Waals surface area contributed by atoms with Crippen molar-refractivity contribution in [1.29, 1.82) is 0 Å². The number of hydrogen-bond acceptors (Lipinski definition) is 2. The van der Waals surface area contributed by atoms with E-state index in [1.807, 2.05) is 0 Å². The third kappa shape index (κ3) is 3.95. The van der Waals surface area contributed by atoms with Crippen LogP contribution in [0.2, 0.25) is 0 Å². The molecular formula is C12H25ClN2O. The molecule has 1 fully saturated rings. The summed E-state index contributed by atoms with van der Waals surface area (Å²) in [6.07, 6.45) is 5.58. The SMILES string of the molecule is CCNCCNC(=O)C1(CC)CCCC1.Cl. The molecule has 1 rings (SSSR count). The third-order valence-corrected chi connectivity index (χ3v) is 3.56. The lowest BCUT2D eigenvalue weighted by molar-refractivity contribution is -0.130. The highest BCUT2D eigenvalue weighted by molar-refractivity contribution is 5.85. The Morgan fingerprint density at radius 3 is 2.31 bits per heavy atom. The summed E-state index contributed by atoms with van der Waals surface area (Å²) in [6.45, 7) is 6.81. The maximum Gasteiger partial charge on any atom is 0.226 e. The average Bonchev–Trinajstić information content (AvgIpc) is 2.74. The molecule has 1 aliphatic rings. The van der Waals surface area contributed by atoms with E-state index < -0.39 is 0 Å². The maximum absolute atomic E-state index is 12.0. The number of carbonyl (C=O) groups is 1. The van der Waals surface area contributed by atoms with E-state index in [9.17, 15) is 4.79 Å². The molecule has 3 nitrogen and oxygen atoms in total. The molecule has 16 heavy (non-hydrogen) atoms. The van der Waals surface area contributed by atoms with Gasteiger partial charge in [-0.15, -0.1) is 12.4 Å². The van der Waals surface area contributed by atoms with Gasteiger partial charge in [0.2, 0.25) is 5.91 Å². The molecule has 0 radical (unpaired) electrons. The molecule has 2 N–H and O–H groups in total. The van der Waals surface area contributed by atoms with Gasteiger partial charge in [-0.3, -0.25) is 4.79 Å². The third-order valence-electron chi connectivity index (χ3n) is 3.56. The Balaban J connectivity index is 0.00000225. The highest BCUT2D eigenvalue weighted by Crippen LogP contribution is 2.40. The largest absolute Gasteiger partial charge is 0.354 e. The van der Waals surface area contributed by atoms with E-state index in [1.54, 1.807) is 0 Å². The summed E-state index contributed by atoms with van der Waals surface area (Å²) in [7, 11) is 0. The molecule has 96 valence electrons. The van der Waals surface area contributed by atoms with E-state index in [0.29, 0.717) is 0 Å². The molecule has 0 heterocycles. The Morgan fingerprint density at radius 2 is 1.81 bits per heavy atom. The minimum atomic E-state index is -0.0355. The molecule has 0 unspecified atom stereocenters. The molecule has 0 spiro atoms. The molecule has 0 atom stereocenters. The van der Waals surface area contributed by atoms with Crippen molar-refractivity contribution in [3.63, 3.8) is 0 Å². The summed E-state index contributed by atoms with van der Waals surface area (Å²) in [5, 5.41) is 6.26. The van der Waals surface area contributed by atoms with Crippen LogP contribution in [-0.2, 0) is 4.79 Å². The standard InChI is InChI=1S/C12H24N2O.ClH/c1-3-12(7-5-6-8-12)11(15)14-10-9-13-4-2;/h13H,3-10H2,1-2H3,(H,14,15);1H. The van der Waals surface area contributed by atoms with Gasteiger partial charge in [-0.05, 0) is 25.8 Å². The lowest BCUT2D eigenvalue weighted by Gasteiger charge is -2.26. The molecule has 1 amide bonds. The van der Waals surface area contributed by atoms with Crippen molar-refractivity contribution in [1.82, 2.24) is 10.6 Å². The van der Waals surface area contributed by atoms with Gasteiger partial charge >= 0.3 is 0 Å². The summed E-state index contributed by atoms with van der Waals surface area (Å²) in [5.74, 6) is 0.278. The van der Waals surface area contributed by atoms with Gasteiger partial charge < -0.3 is 10.6 Å². The summed E-state index contributed by atoms with van der Waals surface area (Å²) < 4.78 is 0. The second kappa shape index (κ2) is 7.91. The fourth-order valence-corrected chi connectivity index (χ4v) is 2.42. The first kappa shape index (κ1) is 15.7. The van der Waals surface area contributed by atoms with Crippen molar-refractivity contribution in [2.24, 2.45) is 5.41 Å². The summed E-state index contributed by atoms with van der Waals surface area (Å²) >= 11 is 0. The van der Waals surface area contributed by atoms with Crippen LogP contribution < -0.4 is 10.6 Å². The number of carbonyl (C=O) groups excluding carboxylic acids is 1. The summed E-state index contributed by atoms with van der Waals surface area (Å²) in [5.41, 5.74) is -0.0355. The van der Waals surface area contributed by atoms with Crippen molar-refractivity contribution in [2.75, 3.05) is 19.6 Å². The highest BCUT2D eigenvalue weighted by atomic mass is 35.5. The molecule has 0 aromatic rings. The number of amides is 1. The zero-order valence-corrected chi connectivity index (χ0v) is 11.3. The number of halogens is 1. The predicted molar refractivity (Wildman–Crippen MR) is 70.0 cm³/mol. The minimum absolute atomic E-state index is 0. The highest BCUT2D eigenvalue weighted by Gasteiger charge is 2.38. The number of rotatable bonds is 6. The molecule has 0 aliphatic heterocycles. The van der Waals surface area contributed by atoms with E-state index in [-0.39, 0.29) is 23.7 Å². The van der Waals surface area contributed by atoms with Crippen LogP contribution in [0, 0.1) is 5.41 Å². The van der Waals surface area contributed by atoms with Gasteiger partial charge in [0.15, 0.2) is 0 Å². The first-order valence-corrected chi connectivity index (χ1v) is 6.24. The molecule has 0 bridgehead atoms. The van der Waals surface area contributed by atoms with Gasteiger partial charge in [0.25, 0.3) is 0 Å². The van der Waals surface area contributed by atoms with Crippen LogP contribution in [0.1, 0.15) is 46.0 Å². The Hall–Kier alpha value is -0.280. The van der Waals surface area contributed by atoms with E-state index in [0.717, 1.165) is 38.9 Å². The van der Waals surface area contributed by atoms with Crippen molar-refractivity contribution in [2.45, 2.75) is 46.0 Å². The van der Waals surface area contributed by atoms with Gasteiger partial charge in [0.05, 0.1) is 0 Å². The molecule has 1 aliphatic carbocycles. The van der Waals surface area contributed by atoms with E-state index in [2.05, 4.69) is 24.5 Å². The second-order valence-electron chi connectivity index (χ2n) is 4.45. The monoisotopic (exact) mass is 248 g/mol. The molecule has 0 aromatic carbocycles. The van der Waals surface area contributed by atoms with Crippen LogP contribution in [0.4, 0.5) is 0 Å². The summed E-state index contributed by atoms with van der Waals surface area (Å²) in [6, 6.07) is 0. The number of hydrogen-bond donors (Lipinski definition) is 2. The quantitative estimate of drug-likeness (QED) is 0.707. The molecule has 4 heteroatoms. The van der Waals surface area contributed by atoms with Crippen molar-refractivity contribution in [3.05, 3.63) is 0 Å². The van der Waals surface area contributed by atoms with E-state index in [1.165, 1.54) is 12.8 Å². The van der Waals surface area contributed by atoms with Crippen molar-refractivity contribution in [3.8, 4) is 0 Å². The molecule has 0 saturated heterocycles. The van der Waals surface area contributed by atoms with Crippen LogP contribution in [0.25, 0.3) is 0 Å². The zero-order chi connectivity index (χ0) is 11.1. The zero-order valence-electron chi connectivity index (χ0n) is 10.5. The average molecular weight is 249 g/mol. The number of likely N-dealkylation sites (N-methyl/N-ethyl adjacent to an activating group) is 1. The number of nitrogens with one attached hydrogen (secondary N) is 2. The first-order valence-electron chi connectivity index (χ1n) is 6.24. The fourth-order valence-electron chi connectivity index (χ4n) is 2.42. The van der Waals surface area contributed by atoms with E-state index in [4.69, 9.17) is 0 Å². The van der Waals surface area contributed by atoms with E-state index >= 15 is 0 Å². The smallest absolute Gasteiger partial charge is 0.226 e. The topological polar surface area (TPSA) is 41.1 Å². The second-order valence-corrected chi connectivity index (χ2v) is 4.45. The van der Waals surface area contributed by atoms with Gasteiger partial charge in [0.1, 0.15) is 0 Å². The minimum Gasteiger partial charge on any atom is -0.354 e. The lowest BCUT2D eigenvalue weighted by atomic mass is 9.82. The lowest BCUT2D eigenvalue weighted by Crippen LogP contribution is -2.41. The molecule has 0 aromatic heterocycles. The Morgan fingerprint density at radius 1 is 1.19 bits per heavy atom. The van der Waals surface area contributed by atoms with Crippen LogP contribution >= 0.6 is 12.4 Å². The normalized spacial score (nSPS) is 17.9. The Kier molecular flexibility index (Phi) is 7.77. The summed E-state index contributed by atoms with van der Waals surface area (Å²) in [4.78, 5) is 12.0. The van der Waals surface area contributed by atoms with Crippen molar-refractivity contribution >= 4 is 18.3 Å². The predicted octanol–water partition coefficient (Wildman–Crippen LogP) is 2.10. The maximum atomic E-state index is 12.0. The van der Waals surface area contributed by atoms with Gasteiger partial charge in [-0.25, -0.2) is 0 Å². The van der Waals surface area contributed by atoms with Crippen molar-refractivity contribution < 1.29 is 4.79 Å². The molecule has 1 saturated carbocycles. The molecular weight excluding hydrogens is 224 g/mol. The van der Waals surface area contributed by atoms with Crippen LogP contribution in [0.15, 0.2) is 0 Å². The van der Waals surface area contributed by atoms with Gasteiger partial charge in [-0.2, -0.15) is 0 Å². The first-order chi connectivity index (χ1) is 7.25. The van der Waals surface area contributed by atoms with Crippen LogP contribution in [0.3, 0.4) is 0 Å². The van der Waals surface area contributed by atoms with Gasteiger partial charge in [0, 0.05) is 18.5 Å². The van der Waals surface area contributed by atoms with Gasteiger partial charge in [-0.1, -0.05) is 26.7 Å².